The molecule has 0 bridgehead atoms. The lowest BCUT2D eigenvalue weighted by atomic mass is 10.8. The highest BCUT2D eigenvalue weighted by atomic mass is 35.5. The topological polar surface area (TPSA) is 53.4 Å². The summed E-state index contributed by atoms with van der Waals surface area (Å²) in [5.41, 5.74) is 0. The molecule has 1 aromatic rings. The van der Waals surface area contributed by atoms with Gasteiger partial charge in [-0.2, -0.15) is 0 Å². The van der Waals surface area contributed by atoms with Crippen LogP contribution in [0.15, 0.2) is 12.4 Å². The third-order valence-electron chi connectivity index (χ3n) is 0.863. The number of rotatable bonds is 1. The zero-order valence-electron chi connectivity index (χ0n) is 5.65. The van der Waals surface area contributed by atoms with Crippen molar-refractivity contribution in [2.24, 2.45) is 0 Å². The van der Waals surface area contributed by atoms with E-state index in [0.29, 0.717) is 5.02 Å². The molecule has 0 spiro atoms. The van der Waals surface area contributed by atoms with Crippen LogP contribution >= 0.6 is 11.6 Å². The Morgan fingerprint density at radius 3 is 3.00 bits per heavy atom. The molecule has 0 radical (unpaired) electrons. The van der Waals surface area contributed by atoms with E-state index in [1.54, 1.807) is 0 Å². The molecule has 5 nitrogen and oxygen atoms in total. The average molecular weight is 177 g/mol. The second kappa shape index (κ2) is 3.25. The van der Waals surface area contributed by atoms with Crippen LogP contribution in [0.5, 0.6) is 0 Å². The molecule has 6 heteroatoms. The van der Waals surface area contributed by atoms with Crippen LogP contribution in [0.25, 0.3) is 0 Å². The van der Waals surface area contributed by atoms with Gasteiger partial charge < -0.3 is 4.74 Å². The van der Waals surface area contributed by atoms with Gasteiger partial charge in [0.25, 0.3) is 0 Å². The van der Waals surface area contributed by atoms with Crippen LogP contribution in [0.2, 0.25) is 5.02 Å². The molecule has 0 saturated carbocycles. The third-order valence-corrected chi connectivity index (χ3v) is 1.06. The SMILES string of the molecule is COC(=O)On1cc(Cl)cn1. The minimum absolute atomic E-state index is 0.383. The summed E-state index contributed by atoms with van der Waals surface area (Å²) in [6, 6.07) is 0. The maximum absolute atomic E-state index is 10.4. The van der Waals surface area contributed by atoms with E-state index in [9.17, 15) is 4.79 Å². The van der Waals surface area contributed by atoms with Crippen LogP contribution in [0.3, 0.4) is 0 Å². The van der Waals surface area contributed by atoms with Crippen LogP contribution < -0.4 is 4.84 Å². The van der Waals surface area contributed by atoms with Gasteiger partial charge in [0.15, 0.2) is 0 Å². The number of carbonyl (C=O) groups excluding carboxylic acids is 1. The predicted molar refractivity (Wildman–Crippen MR) is 36.2 cm³/mol. The summed E-state index contributed by atoms with van der Waals surface area (Å²) in [5, 5.41) is 3.95. The van der Waals surface area contributed by atoms with Crippen LogP contribution in [0.1, 0.15) is 0 Å². The normalized spacial score (nSPS) is 9.27. The number of ether oxygens (including phenoxy) is 1. The van der Waals surface area contributed by atoms with Crippen molar-refractivity contribution in [3.8, 4) is 0 Å². The molecule has 0 fully saturated rings. The number of hydrogen-bond donors (Lipinski definition) is 0. The van der Waals surface area contributed by atoms with Crippen molar-refractivity contribution in [3.05, 3.63) is 17.4 Å². The Bertz CT molecular complexity index is 260. The molecule has 1 aromatic heterocycles. The first-order valence-corrected chi connectivity index (χ1v) is 3.06. The van der Waals surface area contributed by atoms with Gasteiger partial charge in [0, 0.05) is 0 Å². The molecule has 0 amide bonds. The Morgan fingerprint density at radius 2 is 2.55 bits per heavy atom. The molecule has 0 unspecified atom stereocenters. The summed E-state index contributed by atoms with van der Waals surface area (Å²) < 4.78 is 4.20. The molecular weight excluding hydrogens is 172 g/mol. The Kier molecular flexibility index (Phi) is 2.32. The molecule has 0 aliphatic carbocycles. The average Bonchev–Trinajstić information content (AvgIpc) is 2.35. The van der Waals surface area contributed by atoms with E-state index in [4.69, 9.17) is 11.6 Å². The fraction of sp³-hybridized carbons (Fsp3) is 0.200. The van der Waals surface area contributed by atoms with E-state index >= 15 is 0 Å². The van der Waals surface area contributed by atoms with Crippen molar-refractivity contribution in [2.45, 2.75) is 0 Å². The molecule has 1 heterocycles. The highest BCUT2D eigenvalue weighted by Crippen LogP contribution is 2.02. The van der Waals surface area contributed by atoms with E-state index in [1.807, 2.05) is 0 Å². The fourth-order valence-corrected chi connectivity index (χ4v) is 0.575. The van der Waals surface area contributed by atoms with Crippen LogP contribution in [0.4, 0.5) is 4.79 Å². The second-order valence-corrected chi connectivity index (χ2v) is 2.04. The summed E-state index contributed by atoms with van der Waals surface area (Å²) in [5.74, 6) is 0. The number of nitrogens with zero attached hydrogens (tertiary/aromatic N) is 2. The van der Waals surface area contributed by atoms with Gasteiger partial charge >= 0.3 is 6.16 Å². The maximum Gasteiger partial charge on any atom is 0.534 e. The predicted octanol–water partition coefficient (Wildman–Crippen LogP) is 0.732. The summed E-state index contributed by atoms with van der Waals surface area (Å²) in [6.45, 7) is 0. The third kappa shape index (κ3) is 2.12. The lowest BCUT2D eigenvalue weighted by Gasteiger charge is -1.98. The Labute approximate surface area is 67.4 Å². The van der Waals surface area contributed by atoms with Gasteiger partial charge in [-0.05, 0) is 0 Å². The number of hydrogen-bond acceptors (Lipinski definition) is 4. The number of carbonyl (C=O) groups is 1. The molecule has 0 saturated heterocycles. The first-order chi connectivity index (χ1) is 5.22. The van der Waals surface area contributed by atoms with Gasteiger partial charge in [0.1, 0.15) is 0 Å². The lowest BCUT2D eigenvalue weighted by molar-refractivity contribution is 0.0521. The maximum atomic E-state index is 10.4. The molecule has 0 atom stereocenters. The van der Waals surface area contributed by atoms with E-state index in [0.717, 1.165) is 4.85 Å². The minimum atomic E-state index is -0.843. The summed E-state index contributed by atoms with van der Waals surface area (Å²) in [4.78, 5) is 15.8. The fourth-order valence-electron chi connectivity index (χ4n) is 0.448. The second-order valence-electron chi connectivity index (χ2n) is 1.61. The van der Waals surface area contributed by atoms with Crippen molar-refractivity contribution < 1.29 is 14.4 Å². The van der Waals surface area contributed by atoms with Gasteiger partial charge in [-0.15, -0.1) is 5.10 Å². The van der Waals surface area contributed by atoms with Crippen LogP contribution in [-0.4, -0.2) is 23.2 Å². The number of halogens is 1. The first kappa shape index (κ1) is 7.87. The van der Waals surface area contributed by atoms with Gasteiger partial charge in [0.2, 0.25) is 0 Å². The number of methoxy groups -OCH3 is 1. The lowest BCUT2D eigenvalue weighted by Crippen LogP contribution is -2.19. The van der Waals surface area contributed by atoms with Crippen molar-refractivity contribution in [2.75, 3.05) is 7.11 Å². The van der Waals surface area contributed by atoms with Crippen LogP contribution in [-0.2, 0) is 4.74 Å². The molecule has 0 aliphatic heterocycles. The van der Waals surface area contributed by atoms with Gasteiger partial charge in [-0.3, -0.25) is 4.84 Å². The highest BCUT2D eigenvalue weighted by Gasteiger charge is 2.02. The van der Waals surface area contributed by atoms with Crippen molar-refractivity contribution in [1.82, 2.24) is 9.94 Å². The summed E-state index contributed by atoms with van der Waals surface area (Å²) in [6.07, 6.45) is 1.83. The van der Waals surface area contributed by atoms with E-state index in [2.05, 4.69) is 14.7 Å². The molecule has 11 heavy (non-hydrogen) atoms. The summed E-state index contributed by atoms with van der Waals surface area (Å²) >= 11 is 5.47. The van der Waals surface area contributed by atoms with Gasteiger partial charge in [-0.1, -0.05) is 16.4 Å². The van der Waals surface area contributed by atoms with Crippen molar-refractivity contribution >= 4 is 17.8 Å². The first-order valence-electron chi connectivity index (χ1n) is 2.69. The molecule has 0 aromatic carbocycles. The van der Waals surface area contributed by atoms with Gasteiger partial charge in [-0.25, -0.2) is 4.79 Å². The minimum Gasteiger partial charge on any atom is -0.436 e. The molecule has 60 valence electrons. The Balaban J connectivity index is 2.57. The monoisotopic (exact) mass is 176 g/mol. The van der Waals surface area contributed by atoms with Crippen molar-refractivity contribution in [1.29, 1.82) is 0 Å². The molecule has 1 rings (SSSR count). The van der Waals surface area contributed by atoms with E-state index < -0.39 is 6.16 Å². The molecule has 0 N–H and O–H groups in total. The Hall–Kier alpha value is -1.23. The quantitative estimate of drug-likeness (QED) is 0.592. The van der Waals surface area contributed by atoms with E-state index in [-0.39, 0.29) is 0 Å². The largest absolute Gasteiger partial charge is 0.534 e. The summed E-state index contributed by atoms with van der Waals surface area (Å²) in [7, 11) is 1.20. The van der Waals surface area contributed by atoms with E-state index in [1.165, 1.54) is 19.5 Å². The number of aromatic nitrogens is 2. The Morgan fingerprint density at radius 1 is 1.82 bits per heavy atom. The standard InChI is InChI=1S/C5H5ClN2O3/c1-10-5(9)11-8-3-4(6)2-7-8/h2-3H,1H3. The van der Waals surface area contributed by atoms with Gasteiger partial charge in [0.05, 0.1) is 24.5 Å². The van der Waals surface area contributed by atoms with Crippen LogP contribution in [0, 0.1) is 0 Å². The molecule has 0 aliphatic rings. The zero-order valence-corrected chi connectivity index (χ0v) is 6.41. The molecular formula is C5H5ClN2O3. The zero-order chi connectivity index (χ0) is 8.27. The van der Waals surface area contributed by atoms with Crippen molar-refractivity contribution in [3.63, 3.8) is 0 Å². The smallest absolute Gasteiger partial charge is 0.436 e. The highest BCUT2D eigenvalue weighted by molar-refractivity contribution is 6.30.